The van der Waals surface area contributed by atoms with Crippen LogP contribution in [0, 0.1) is 5.92 Å². The van der Waals surface area contributed by atoms with Gasteiger partial charge in [0.15, 0.2) is 5.92 Å². The van der Waals surface area contributed by atoms with Gasteiger partial charge in [0.2, 0.25) is 0 Å². The fraction of sp³-hybridized carbons (Fsp3) is 0.500. The van der Waals surface area contributed by atoms with Gasteiger partial charge in [-0.25, -0.2) is 0 Å². The lowest BCUT2D eigenvalue weighted by Crippen LogP contribution is -2.38. The molecule has 4 nitrogen and oxygen atoms in total. The molecular weight excluding hydrogens is 245 g/mol. The molecule has 0 spiro atoms. The van der Waals surface area contributed by atoms with E-state index in [1.54, 1.807) is 5.51 Å². The van der Waals surface area contributed by atoms with Gasteiger partial charge in [0.05, 0.1) is 5.51 Å². The van der Waals surface area contributed by atoms with E-state index in [0.29, 0.717) is 0 Å². The third kappa shape index (κ3) is 3.78. The zero-order valence-corrected chi connectivity index (χ0v) is 8.81. The third-order valence-electron chi connectivity index (χ3n) is 1.82. The van der Waals surface area contributed by atoms with Crippen LogP contribution in [0.15, 0.2) is 11.7 Å². The number of carbonyl (C=O) groups is 1. The lowest BCUT2D eigenvalue weighted by Gasteiger charge is -2.16. The van der Waals surface area contributed by atoms with Crippen molar-refractivity contribution in [1.29, 1.82) is 0 Å². The van der Waals surface area contributed by atoms with E-state index in [1.807, 2.05) is 0 Å². The number of carboxylic acid groups (broad SMARTS) is 1. The molecule has 1 unspecified atom stereocenters. The average Bonchev–Trinajstić information content (AvgIpc) is 2.61. The van der Waals surface area contributed by atoms with Crippen molar-refractivity contribution in [2.24, 2.45) is 5.92 Å². The van der Waals surface area contributed by atoms with Crippen LogP contribution in [-0.4, -0.2) is 28.8 Å². The Bertz CT molecular complexity index is 340. The number of hydrogen-bond donors (Lipinski definition) is 2. The van der Waals surface area contributed by atoms with Crippen molar-refractivity contribution in [2.45, 2.75) is 12.7 Å². The molecule has 0 aliphatic heterocycles. The fourth-order valence-corrected chi connectivity index (χ4v) is 1.58. The quantitative estimate of drug-likeness (QED) is 0.835. The molecule has 0 aromatic carbocycles. The second-order valence-corrected chi connectivity index (χ2v) is 4.00. The van der Waals surface area contributed by atoms with E-state index in [2.05, 4.69) is 10.3 Å². The maximum atomic E-state index is 12.2. The Labute approximate surface area is 93.1 Å². The molecule has 1 heterocycles. The van der Waals surface area contributed by atoms with Gasteiger partial charge in [-0.1, -0.05) is 0 Å². The third-order valence-corrected chi connectivity index (χ3v) is 2.60. The van der Waals surface area contributed by atoms with E-state index in [-0.39, 0.29) is 6.54 Å². The molecule has 0 saturated heterocycles. The van der Waals surface area contributed by atoms with Crippen molar-refractivity contribution in [3.05, 3.63) is 16.6 Å². The van der Waals surface area contributed by atoms with Gasteiger partial charge in [0, 0.05) is 24.2 Å². The first-order valence-corrected chi connectivity index (χ1v) is 5.17. The first-order chi connectivity index (χ1) is 7.41. The Kier molecular flexibility index (Phi) is 4.25. The topological polar surface area (TPSA) is 62.2 Å². The maximum absolute atomic E-state index is 12.2. The summed E-state index contributed by atoms with van der Waals surface area (Å²) in [7, 11) is 0. The van der Waals surface area contributed by atoms with Crippen LogP contribution in [-0.2, 0) is 11.3 Å². The summed E-state index contributed by atoms with van der Waals surface area (Å²) in [6.07, 6.45) is -3.21. The summed E-state index contributed by atoms with van der Waals surface area (Å²) in [5.41, 5.74) is 1.55. The van der Waals surface area contributed by atoms with Crippen molar-refractivity contribution < 1.29 is 23.1 Å². The predicted octanol–water partition coefficient (Wildman–Crippen LogP) is 1.50. The van der Waals surface area contributed by atoms with Crippen LogP contribution >= 0.6 is 11.3 Å². The van der Waals surface area contributed by atoms with Crippen LogP contribution in [0.5, 0.6) is 0 Å². The highest BCUT2D eigenvalue weighted by Crippen LogP contribution is 2.25. The molecule has 1 atom stereocenters. The molecule has 0 bridgehead atoms. The van der Waals surface area contributed by atoms with E-state index in [9.17, 15) is 18.0 Å². The van der Waals surface area contributed by atoms with Crippen molar-refractivity contribution in [1.82, 2.24) is 10.3 Å². The van der Waals surface area contributed by atoms with Gasteiger partial charge in [-0.15, -0.1) is 11.3 Å². The summed E-state index contributed by atoms with van der Waals surface area (Å²) in [6.45, 7) is -0.457. The van der Waals surface area contributed by atoms with Crippen LogP contribution in [0.1, 0.15) is 4.88 Å². The minimum Gasteiger partial charge on any atom is -0.481 e. The van der Waals surface area contributed by atoms with Crippen LogP contribution in [0.2, 0.25) is 0 Å². The van der Waals surface area contributed by atoms with E-state index in [0.717, 1.165) is 4.88 Å². The Hall–Kier alpha value is -1.15. The number of aliphatic carboxylic acids is 1. The summed E-state index contributed by atoms with van der Waals surface area (Å²) in [5.74, 6) is -4.25. The number of nitrogens with zero attached hydrogens (tertiary/aromatic N) is 1. The molecule has 0 aliphatic carbocycles. The van der Waals surface area contributed by atoms with Crippen molar-refractivity contribution in [2.75, 3.05) is 6.54 Å². The van der Waals surface area contributed by atoms with E-state index >= 15 is 0 Å². The number of alkyl halides is 3. The SMILES string of the molecule is O=C(O)C(CNCc1cncs1)C(F)(F)F. The second kappa shape index (κ2) is 5.26. The summed E-state index contributed by atoms with van der Waals surface area (Å²) < 4.78 is 36.6. The Morgan fingerprint density at radius 2 is 2.31 bits per heavy atom. The molecule has 0 amide bonds. The number of halogens is 3. The summed E-state index contributed by atoms with van der Waals surface area (Å²) in [5, 5.41) is 10.8. The lowest BCUT2D eigenvalue weighted by atomic mass is 10.1. The molecule has 0 saturated carbocycles. The summed E-state index contributed by atoms with van der Waals surface area (Å²) in [4.78, 5) is 14.9. The normalized spacial score (nSPS) is 13.7. The zero-order chi connectivity index (χ0) is 12.2. The molecule has 2 N–H and O–H groups in total. The molecule has 1 rings (SSSR count). The number of rotatable bonds is 5. The first-order valence-electron chi connectivity index (χ1n) is 4.29. The van der Waals surface area contributed by atoms with Crippen molar-refractivity contribution in [3.8, 4) is 0 Å². The van der Waals surface area contributed by atoms with E-state index in [1.165, 1.54) is 17.5 Å². The maximum Gasteiger partial charge on any atom is 0.403 e. The van der Waals surface area contributed by atoms with E-state index < -0.39 is 24.6 Å². The van der Waals surface area contributed by atoms with Crippen LogP contribution in [0.25, 0.3) is 0 Å². The first kappa shape index (κ1) is 12.9. The number of nitrogens with one attached hydrogen (secondary N) is 1. The predicted molar refractivity (Wildman–Crippen MR) is 51.0 cm³/mol. The van der Waals surface area contributed by atoms with Crippen molar-refractivity contribution >= 4 is 17.3 Å². The molecule has 1 aromatic rings. The highest BCUT2D eigenvalue weighted by Gasteiger charge is 2.44. The molecule has 90 valence electrons. The summed E-state index contributed by atoms with van der Waals surface area (Å²) in [6, 6.07) is 0. The summed E-state index contributed by atoms with van der Waals surface area (Å²) >= 11 is 1.29. The number of carboxylic acids is 1. The van der Waals surface area contributed by atoms with Gasteiger partial charge < -0.3 is 10.4 Å². The minimum atomic E-state index is -4.73. The Morgan fingerprint density at radius 3 is 2.75 bits per heavy atom. The molecule has 0 radical (unpaired) electrons. The molecule has 8 heteroatoms. The van der Waals surface area contributed by atoms with Gasteiger partial charge in [0.25, 0.3) is 0 Å². The van der Waals surface area contributed by atoms with Crippen LogP contribution in [0.4, 0.5) is 13.2 Å². The molecule has 0 aliphatic rings. The standard InChI is InChI=1S/C8H9F3N2O2S/c9-8(10,11)6(7(14)15)3-12-1-5-2-13-4-16-5/h2,4,6,12H,1,3H2,(H,14,15). The smallest absolute Gasteiger partial charge is 0.403 e. The monoisotopic (exact) mass is 254 g/mol. The molecule has 0 fully saturated rings. The van der Waals surface area contributed by atoms with Gasteiger partial charge in [-0.05, 0) is 0 Å². The minimum absolute atomic E-state index is 0.185. The lowest BCUT2D eigenvalue weighted by molar-refractivity contribution is -0.192. The average molecular weight is 254 g/mol. The Morgan fingerprint density at radius 1 is 1.62 bits per heavy atom. The fourth-order valence-electron chi connectivity index (χ4n) is 1.01. The van der Waals surface area contributed by atoms with Gasteiger partial charge in [0.1, 0.15) is 0 Å². The zero-order valence-electron chi connectivity index (χ0n) is 7.99. The van der Waals surface area contributed by atoms with Gasteiger partial charge >= 0.3 is 12.1 Å². The number of hydrogen-bond acceptors (Lipinski definition) is 4. The Balaban J connectivity index is 2.42. The number of thiazole rings is 1. The molecular formula is C8H9F3N2O2S. The molecule has 16 heavy (non-hydrogen) atoms. The molecule has 1 aromatic heterocycles. The number of aromatic nitrogens is 1. The van der Waals surface area contributed by atoms with Crippen LogP contribution < -0.4 is 5.32 Å². The van der Waals surface area contributed by atoms with Crippen molar-refractivity contribution in [3.63, 3.8) is 0 Å². The highest BCUT2D eigenvalue weighted by atomic mass is 32.1. The van der Waals surface area contributed by atoms with Gasteiger partial charge in [-0.3, -0.25) is 9.78 Å². The second-order valence-electron chi connectivity index (χ2n) is 3.03. The van der Waals surface area contributed by atoms with E-state index in [4.69, 9.17) is 5.11 Å². The van der Waals surface area contributed by atoms with Gasteiger partial charge in [-0.2, -0.15) is 13.2 Å². The largest absolute Gasteiger partial charge is 0.481 e. The van der Waals surface area contributed by atoms with Crippen LogP contribution in [0.3, 0.4) is 0 Å². The highest BCUT2D eigenvalue weighted by molar-refractivity contribution is 7.09.